The lowest BCUT2D eigenvalue weighted by atomic mass is 10.0. The molecule has 1 aromatic carbocycles. The van der Waals surface area contributed by atoms with Crippen LogP contribution >= 0.6 is 0 Å². The molecular formula is C15H21NO3. The van der Waals surface area contributed by atoms with Crippen molar-refractivity contribution in [2.24, 2.45) is 0 Å². The highest BCUT2D eigenvalue weighted by Crippen LogP contribution is 2.32. The van der Waals surface area contributed by atoms with Crippen LogP contribution in [0.2, 0.25) is 0 Å². The van der Waals surface area contributed by atoms with Crippen molar-refractivity contribution in [2.45, 2.75) is 51.5 Å². The molecule has 104 valence electrons. The maximum Gasteiger partial charge on any atom is 0.412 e. The first-order chi connectivity index (χ1) is 9.05. The standard InChI is InChI=1S/C15H21NO3/c1-3-4-10-13-15(2,18)16(14(17)19-13)11-12-8-6-5-7-9-12/h5-9,13,18H,3-4,10-11H2,1-2H3/t13-,15+/m0/s1. The van der Waals surface area contributed by atoms with Crippen molar-refractivity contribution in [1.82, 2.24) is 4.90 Å². The van der Waals surface area contributed by atoms with Gasteiger partial charge in [-0.15, -0.1) is 0 Å². The van der Waals surface area contributed by atoms with Crippen molar-refractivity contribution >= 4 is 6.09 Å². The number of unbranched alkanes of at least 4 members (excludes halogenated alkanes) is 1. The lowest BCUT2D eigenvalue weighted by Gasteiger charge is -2.30. The van der Waals surface area contributed by atoms with E-state index >= 15 is 0 Å². The third kappa shape index (κ3) is 2.89. The fourth-order valence-corrected chi connectivity index (χ4v) is 2.37. The lowest BCUT2D eigenvalue weighted by molar-refractivity contribution is -0.0898. The van der Waals surface area contributed by atoms with Gasteiger partial charge in [0.2, 0.25) is 0 Å². The molecule has 1 saturated heterocycles. The van der Waals surface area contributed by atoms with Gasteiger partial charge < -0.3 is 9.84 Å². The Hall–Kier alpha value is -1.55. The number of benzene rings is 1. The second kappa shape index (κ2) is 5.61. The van der Waals surface area contributed by atoms with Crippen LogP contribution < -0.4 is 0 Å². The van der Waals surface area contributed by atoms with Crippen LogP contribution in [0.3, 0.4) is 0 Å². The normalized spacial score (nSPS) is 26.6. The van der Waals surface area contributed by atoms with Crippen molar-refractivity contribution in [3.63, 3.8) is 0 Å². The Morgan fingerprint density at radius 2 is 2.05 bits per heavy atom. The summed E-state index contributed by atoms with van der Waals surface area (Å²) < 4.78 is 5.30. The van der Waals surface area contributed by atoms with E-state index in [9.17, 15) is 9.90 Å². The van der Waals surface area contributed by atoms with Crippen molar-refractivity contribution in [3.8, 4) is 0 Å². The van der Waals surface area contributed by atoms with E-state index in [2.05, 4.69) is 6.92 Å². The van der Waals surface area contributed by atoms with Crippen LogP contribution in [0.15, 0.2) is 30.3 Å². The Labute approximate surface area is 114 Å². The zero-order valence-electron chi connectivity index (χ0n) is 11.5. The first-order valence-electron chi connectivity index (χ1n) is 6.80. The van der Waals surface area contributed by atoms with E-state index in [1.807, 2.05) is 30.3 Å². The molecule has 1 aliphatic heterocycles. The van der Waals surface area contributed by atoms with Crippen LogP contribution in [-0.4, -0.2) is 27.9 Å². The van der Waals surface area contributed by atoms with Gasteiger partial charge in [0.1, 0.15) is 0 Å². The van der Waals surface area contributed by atoms with Gasteiger partial charge in [-0.3, -0.25) is 4.90 Å². The average Bonchev–Trinajstić information content (AvgIpc) is 2.61. The highest BCUT2D eigenvalue weighted by Gasteiger charge is 2.49. The molecule has 0 spiro atoms. The summed E-state index contributed by atoms with van der Waals surface area (Å²) in [4.78, 5) is 13.3. The van der Waals surface area contributed by atoms with E-state index < -0.39 is 17.9 Å². The first kappa shape index (κ1) is 13.9. The molecule has 1 fully saturated rings. The molecule has 1 aliphatic rings. The Bertz CT molecular complexity index is 430. The van der Waals surface area contributed by atoms with E-state index in [0.717, 1.165) is 18.4 Å². The van der Waals surface area contributed by atoms with E-state index in [-0.39, 0.29) is 0 Å². The van der Waals surface area contributed by atoms with Gasteiger partial charge in [-0.2, -0.15) is 0 Å². The third-order valence-corrected chi connectivity index (χ3v) is 3.62. The van der Waals surface area contributed by atoms with E-state index in [1.54, 1.807) is 6.92 Å². The van der Waals surface area contributed by atoms with Gasteiger partial charge in [0.15, 0.2) is 11.8 Å². The monoisotopic (exact) mass is 263 g/mol. The van der Waals surface area contributed by atoms with Gasteiger partial charge in [-0.05, 0) is 25.3 Å². The molecule has 1 amide bonds. The molecule has 0 radical (unpaired) electrons. The number of cyclic esters (lactones) is 1. The van der Waals surface area contributed by atoms with Crippen LogP contribution in [0.25, 0.3) is 0 Å². The van der Waals surface area contributed by atoms with E-state index in [0.29, 0.717) is 13.0 Å². The number of carbonyl (C=O) groups excluding carboxylic acids is 1. The number of carbonyl (C=O) groups is 1. The second-order valence-corrected chi connectivity index (χ2v) is 5.18. The SMILES string of the molecule is CCCC[C@@H]1OC(=O)N(Cc2ccccc2)[C@]1(C)O. The summed E-state index contributed by atoms with van der Waals surface area (Å²) in [7, 11) is 0. The predicted octanol–water partition coefficient (Wildman–Crippen LogP) is 2.91. The van der Waals surface area contributed by atoms with Crippen LogP contribution in [0.5, 0.6) is 0 Å². The number of amides is 1. The van der Waals surface area contributed by atoms with Crippen molar-refractivity contribution in [3.05, 3.63) is 35.9 Å². The Kier molecular flexibility index (Phi) is 4.10. The molecule has 19 heavy (non-hydrogen) atoms. The molecular weight excluding hydrogens is 242 g/mol. The fourth-order valence-electron chi connectivity index (χ4n) is 2.37. The largest absolute Gasteiger partial charge is 0.441 e. The van der Waals surface area contributed by atoms with Crippen LogP contribution in [-0.2, 0) is 11.3 Å². The van der Waals surface area contributed by atoms with Crippen LogP contribution in [0.4, 0.5) is 4.79 Å². The average molecular weight is 263 g/mol. The fraction of sp³-hybridized carbons (Fsp3) is 0.533. The minimum atomic E-state index is -1.23. The molecule has 0 aliphatic carbocycles. The molecule has 0 saturated carbocycles. The topological polar surface area (TPSA) is 49.8 Å². The van der Waals surface area contributed by atoms with Gasteiger partial charge in [-0.1, -0.05) is 43.7 Å². The molecule has 1 N–H and O–H groups in total. The smallest absolute Gasteiger partial charge is 0.412 e. The van der Waals surface area contributed by atoms with Crippen LogP contribution in [0, 0.1) is 0 Å². The minimum absolute atomic E-state index is 0.370. The zero-order valence-corrected chi connectivity index (χ0v) is 11.5. The molecule has 4 nitrogen and oxygen atoms in total. The maximum atomic E-state index is 11.9. The van der Waals surface area contributed by atoms with Gasteiger partial charge in [0.05, 0.1) is 6.54 Å². The third-order valence-electron chi connectivity index (χ3n) is 3.62. The summed E-state index contributed by atoms with van der Waals surface area (Å²) in [5, 5.41) is 10.6. The molecule has 1 heterocycles. The Morgan fingerprint density at radius 3 is 2.68 bits per heavy atom. The summed E-state index contributed by atoms with van der Waals surface area (Å²) in [6.45, 7) is 4.10. The summed E-state index contributed by atoms with van der Waals surface area (Å²) >= 11 is 0. The van der Waals surface area contributed by atoms with Gasteiger partial charge in [-0.25, -0.2) is 4.79 Å². The van der Waals surface area contributed by atoms with Crippen molar-refractivity contribution in [2.75, 3.05) is 0 Å². The quantitative estimate of drug-likeness (QED) is 0.888. The summed E-state index contributed by atoms with van der Waals surface area (Å²) in [6.07, 6.45) is 1.77. The molecule has 2 atom stereocenters. The molecule has 0 unspecified atom stereocenters. The Balaban J connectivity index is 2.10. The number of aliphatic hydroxyl groups is 1. The summed E-state index contributed by atoms with van der Waals surface area (Å²) in [5.41, 5.74) is -0.252. The number of hydrogen-bond acceptors (Lipinski definition) is 3. The summed E-state index contributed by atoms with van der Waals surface area (Å²) in [5.74, 6) is 0. The zero-order chi connectivity index (χ0) is 13.9. The van der Waals surface area contributed by atoms with E-state index in [4.69, 9.17) is 4.74 Å². The number of nitrogens with zero attached hydrogens (tertiary/aromatic N) is 1. The van der Waals surface area contributed by atoms with Gasteiger partial charge in [0, 0.05) is 0 Å². The van der Waals surface area contributed by atoms with Crippen molar-refractivity contribution < 1.29 is 14.6 Å². The summed E-state index contributed by atoms with van der Waals surface area (Å²) in [6, 6.07) is 9.62. The predicted molar refractivity (Wildman–Crippen MR) is 72.4 cm³/mol. The molecule has 1 aromatic rings. The number of ether oxygens (including phenoxy) is 1. The highest BCUT2D eigenvalue weighted by atomic mass is 16.6. The van der Waals surface area contributed by atoms with Crippen molar-refractivity contribution in [1.29, 1.82) is 0 Å². The first-order valence-corrected chi connectivity index (χ1v) is 6.80. The molecule has 0 bridgehead atoms. The molecule has 4 heteroatoms. The molecule has 0 aromatic heterocycles. The van der Waals surface area contributed by atoms with Gasteiger partial charge >= 0.3 is 6.09 Å². The number of rotatable bonds is 5. The minimum Gasteiger partial charge on any atom is -0.441 e. The number of hydrogen-bond donors (Lipinski definition) is 1. The lowest BCUT2D eigenvalue weighted by Crippen LogP contribution is -2.48. The highest BCUT2D eigenvalue weighted by molar-refractivity contribution is 5.71. The van der Waals surface area contributed by atoms with E-state index in [1.165, 1.54) is 4.90 Å². The van der Waals surface area contributed by atoms with Gasteiger partial charge in [0.25, 0.3) is 0 Å². The second-order valence-electron chi connectivity index (χ2n) is 5.18. The molecule has 2 rings (SSSR count). The Morgan fingerprint density at radius 1 is 1.37 bits per heavy atom. The maximum absolute atomic E-state index is 11.9. The van der Waals surface area contributed by atoms with Crippen LogP contribution in [0.1, 0.15) is 38.7 Å².